The summed E-state index contributed by atoms with van der Waals surface area (Å²) in [5.74, 6) is 0.0451. The summed E-state index contributed by atoms with van der Waals surface area (Å²) >= 11 is 0. The molecule has 1 amide bonds. The van der Waals surface area contributed by atoms with Crippen molar-refractivity contribution in [1.82, 2.24) is 4.90 Å². The summed E-state index contributed by atoms with van der Waals surface area (Å²) < 4.78 is 0. The van der Waals surface area contributed by atoms with Gasteiger partial charge in [0.05, 0.1) is 0 Å². The second-order valence-corrected chi connectivity index (χ2v) is 2.07. The Bertz CT molecular complexity index is 125. The van der Waals surface area contributed by atoms with Gasteiger partial charge in [-0.15, -0.1) is 0 Å². The summed E-state index contributed by atoms with van der Waals surface area (Å²) in [4.78, 5) is 12.6. The van der Waals surface area contributed by atoms with Gasteiger partial charge in [-0.05, 0) is 18.9 Å². The molecule has 2 nitrogen and oxygen atoms in total. The zero-order chi connectivity index (χ0) is 6.69. The molecule has 0 saturated carbocycles. The van der Waals surface area contributed by atoms with E-state index < -0.39 is 0 Å². The van der Waals surface area contributed by atoms with Crippen LogP contribution in [0.4, 0.5) is 0 Å². The van der Waals surface area contributed by atoms with Crippen LogP contribution in [0.3, 0.4) is 0 Å². The van der Waals surface area contributed by atoms with E-state index in [1.807, 2.05) is 0 Å². The van der Waals surface area contributed by atoms with E-state index in [4.69, 9.17) is 0 Å². The summed E-state index contributed by atoms with van der Waals surface area (Å²) in [6.07, 6.45) is 4.49. The Kier molecular flexibility index (Phi) is 1.88. The van der Waals surface area contributed by atoms with Gasteiger partial charge < -0.3 is 4.90 Å². The van der Waals surface area contributed by atoms with E-state index in [0.717, 1.165) is 19.5 Å². The SMILES string of the molecule is C=CC(=O)N1C[CH]CC1. The molecule has 0 aliphatic carbocycles. The van der Waals surface area contributed by atoms with Crippen LogP contribution in [-0.4, -0.2) is 23.9 Å². The first-order valence-electron chi connectivity index (χ1n) is 3.07. The van der Waals surface area contributed by atoms with Crippen LogP contribution in [0, 0.1) is 6.42 Å². The van der Waals surface area contributed by atoms with E-state index in [1.165, 1.54) is 6.08 Å². The van der Waals surface area contributed by atoms with Gasteiger partial charge in [0.15, 0.2) is 0 Å². The van der Waals surface area contributed by atoms with Crippen LogP contribution >= 0.6 is 0 Å². The molecule has 0 spiro atoms. The Labute approximate surface area is 55.2 Å². The fraction of sp³-hybridized carbons (Fsp3) is 0.429. The van der Waals surface area contributed by atoms with Gasteiger partial charge in [0, 0.05) is 13.1 Å². The third kappa shape index (κ3) is 1.31. The highest BCUT2D eigenvalue weighted by Crippen LogP contribution is 2.05. The van der Waals surface area contributed by atoms with E-state index in [0.29, 0.717) is 0 Å². The van der Waals surface area contributed by atoms with E-state index in [9.17, 15) is 4.79 Å². The lowest BCUT2D eigenvalue weighted by Crippen LogP contribution is -2.25. The van der Waals surface area contributed by atoms with Crippen molar-refractivity contribution in [3.05, 3.63) is 19.1 Å². The largest absolute Gasteiger partial charge is 0.339 e. The zero-order valence-corrected chi connectivity index (χ0v) is 5.34. The van der Waals surface area contributed by atoms with Crippen LogP contribution in [0.1, 0.15) is 6.42 Å². The fourth-order valence-corrected chi connectivity index (χ4v) is 0.915. The number of hydrogen-bond donors (Lipinski definition) is 0. The molecule has 0 aromatic heterocycles. The van der Waals surface area contributed by atoms with Gasteiger partial charge in [0.2, 0.25) is 5.91 Å². The van der Waals surface area contributed by atoms with Crippen molar-refractivity contribution < 1.29 is 4.79 Å². The molecule has 1 aliphatic rings. The third-order valence-electron chi connectivity index (χ3n) is 1.44. The molecule has 1 radical (unpaired) electrons. The van der Waals surface area contributed by atoms with Gasteiger partial charge in [-0.3, -0.25) is 4.79 Å². The van der Waals surface area contributed by atoms with Gasteiger partial charge in [0.1, 0.15) is 0 Å². The Morgan fingerprint density at radius 3 is 3.00 bits per heavy atom. The molecular weight excluding hydrogens is 114 g/mol. The molecule has 2 heteroatoms. The van der Waals surface area contributed by atoms with Crippen molar-refractivity contribution in [3.63, 3.8) is 0 Å². The number of rotatable bonds is 1. The zero-order valence-electron chi connectivity index (χ0n) is 5.34. The van der Waals surface area contributed by atoms with Crippen molar-refractivity contribution in [3.8, 4) is 0 Å². The predicted octanol–water partition coefficient (Wildman–Crippen LogP) is 0.609. The van der Waals surface area contributed by atoms with Gasteiger partial charge in [-0.2, -0.15) is 0 Å². The highest BCUT2D eigenvalue weighted by molar-refractivity contribution is 5.87. The first-order chi connectivity index (χ1) is 4.34. The minimum absolute atomic E-state index is 0.0451. The van der Waals surface area contributed by atoms with Gasteiger partial charge in [0.25, 0.3) is 0 Å². The second kappa shape index (κ2) is 2.67. The molecule has 0 unspecified atom stereocenters. The minimum atomic E-state index is 0.0451. The molecule has 1 heterocycles. The average molecular weight is 124 g/mol. The second-order valence-electron chi connectivity index (χ2n) is 2.07. The Morgan fingerprint density at radius 1 is 1.78 bits per heavy atom. The summed E-state index contributed by atoms with van der Waals surface area (Å²) in [5, 5.41) is 0. The van der Waals surface area contributed by atoms with Gasteiger partial charge in [-0.1, -0.05) is 6.58 Å². The van der Waals surface area contributed by atoms with E-state index in [-0.39, 0.29) is 5.91 Å². The van der Waals surface area contributed by atoms with Crippen molar-refractivity contribution in [2.75, 3.05) is 13.1 Å². The molecule has 49 valence electrons. The summed E-state index contributed by atoms with van der Waals surface area (Å²) in [5.41, 5.74) is 0. The molecule has 1 aliphatic heterocycles. The molecule has 1 rings (SSSR count). The van der Waals surface area contributed by atoms with E-state index in [1.54, 1.807) is 4.90 Å². The maximum absolute atomic E-state index is 10.8. The van der Waals surface area contributed by atoms with Gasteiger partial charge in [-0.25, -0.2) is 0 Å². The topological polar surface area (TPSA) is 20.3 Å². The number of hydrogen-bond acceptors (Lipinski definition) is 1. The number of nitrogens with zero attached hydrogens (tertiary/aromatic N) is 1. The number of likely N-dealkylation sites (tertiary alicyclic amines) is 1. The van der Waals surface area contributed by atoms with Crippen LogP contribution in [0.25, 0.3) is 0 Å². The van der Waals surface area contributed by atoms with Crippen molar-refractivity contribution in [2.45, 2.75) is 6.42 Å². The van der Waals surface area contributed by atoms with Crippen LogP contribution in [-0.2, 0) is 4.79 Å². The van der Waals surface area contributed by atoms with Crippen LogP contribution in [0.5, 0.6) is 0 Å². The minimum Gasteiger partial charge on any atom is -0.339 e. The lowest BCUT2D eigenvalue weighted by Gasteiger charge is -2.10. The highest BCUT2D eigenvalue weighted by atomic mass is 16.2. The monoisotopic (exact) mass is 124 g/mol. The first-order valence-corrected chi connectivity index (χ1v) is 3.07. The van der Waals surface area contributed by atoms with Crippen molar-refractivity contribution in [1.29, 1.82) is 0 Å². The summed E-state index contributed by atoms with van der Waals surface area (Å²) in [6.45, 7) is 5.06. The molecule has 0 aromatic carbocycles. The maximum Gasteiger partial charge on any atom is 0.245 e. The predicted molar refractivity (Wildman–Crippen MR) is 35.7 cm³/mol. The summed E-state index contributed by atoms with van der Waals surface area (Å²) in [7, 11) is 0. The van der Waals surface area contributed by atoms with E-state index >= 15 is 0 Å². The van der Waals surface area contributed by atoms with Crippen molar-refractivity contribution in [2.24, 2.45) is 0 Å². The molecule has 1 fully saturated rings. The van der Waals surface area contributed by atoms with Crippen LogP contribution < -0.4 is 0 Å². The molecule has 0 atom stereocenters. The standard InChI is InChI=1S/C7H10NO/c1-2-7(9)8-5-3-4-6-8/h2-3H,1,4-6H2. The molecular formula is C7H10NO. The number of carbonyl (C=O) groups is 1. The molecule has 0 aromatic rings. The van der Waals surface area contributed by atoms with Crippen LogP contribution in [0.15, 0.2) is 12.7 Å². The lowest BCUT2D eigenvalue weighted by molar-refractivity contribution is -0.124. The van der Waals surface area contributed by atoms with Gasteiger partial charge >= 0.3 is 0 Å². The van der Waals surface area contributed by atoms with Crippen LogP contribution in [0.2, 0.25) is 0 Å². The Hall–Kier alpha value is -0.790. The molecule has 9 heavy (non-hydrogen) atoms. The Balaban J connectivity index is 2.41. The normalized spacial score (nSPS) is 18.0. The summed E-state index contributed by atoms with van der Waals surface area (Å²) in [6, 6.07) is 0. The number of amides is 1. The van der Waals surface area contributed by atoms with Crippen molar-refractivity contribution >= 4 is 5.91 Å². The highest BCUT2D eigenvalue weighted by Gasteiger charge is 2.14. The molecule has 0 bridgehead atoms. The first kappa shape index (κ1) is 6.33. The molecule has 1 saturated heterocycles. The smallest absolute Gasteiger partial charge is 0.245 e. The third-order valence-corrected chi connectivity index (χ3v) is 1.44. The van der Waals surface area contributed by atoms with E-state index in [2.05, 4.69) is 13.0 Å². The number of carbonyl (C=O) groups excluding carboxylic acids is 1. The molecule has 0 N–H and O–H groups in total. The average Bonchev–Trinajstić information content (AvgIpc) is 2.37. The maximum atomic E-state index is 10.8. The quantitative estimate of drug-likeness (QED) is 0.469. The lowest BCUT2D eigenvalue weighted by atomic mass is 10.4. The fourth-order valence-electron chi connectivity index (χ4n) is 0.915. The Morgan fingerprint density at radius 2 is 2.56 bits per heavy atom.